The van der Waals surface area contributed by atoms with Gasteiger partial charge in [-0.1, -0.05) is 50.2 Å². The van der Waals surface area contributed by atoms with E-state index >= 15 is 0 Å². The summed E-state index contributed by atoms with van der Waals surface area (Å²) in [6, 6.07) is 17.8. The van der Waals surface area contributed by atoms with Gasteiger partial charge < -0.3 is 9.64 Å². The van der Waals surface area contributed by atoms with Crippen LogP contribution in [0.4, 0.5) is 0 Å². The van der Waals surface area contributed by atoms with Crippen molar-refractivity contribution in [1.82, 2.24) is 15.1 Å². The summed E-state index contributed by atoms with van der Waals surface area (Å²) in [5.74, 6) is 1.10. The van der Waals surface area contributed by atoms with Gasteiger partial charge in [-0.2, -0.15) is 0 Å². The van der Waals surface area contributed by atoms with E-state index in [1.54, 1.807) is 12.1 Å². The third-order valence-corrected chi connectivity index (χ3v) is 5.55. The zero-order valence-corrected chi connectivity index (χ0v) is 18.7. The molecule has 30 heavy (non-hydrogen) atoms. The molecule has 1 N–H and O–H groups in total. The summed E-state index contributed by atoms with van der Waals surface area (Å²) in [4.78, 5) is 17.1. The van der Waals surface area contributed by atoms with Crippen molar-refractivity contribution in [2.75, 3.05) is 32.8 Å². The van der Waals surface area contributed by atoms with Gasteiger partial charge in [-0.3, -0.25) is 15.0 Å². The lowest BCUT2D eigenvalue weighted by Gasteiger charge is -2.36. The van der Waals surface area contributed by atoms with Crippen LogP contribution < -0.4 is 10.1 Å². The first-order valence-corrected chi connectivity index (χ1v) is 11.0. The number of amides is 1. The molecule has 1 heterocycles. The second-order valence-corrected chi connectivity index (χ2v) is 8.45. The van der Waals surface area contributed by atoms with Gasteiger partial charge in [0.1, 0.15) is 5.75 Å². The monoisotopic (exact) mass is 425 g/mol. The standard InChI is InChI=1S/C24H31N3O2S/c1-19(2)11-16-29-22-10-6-9-21(17-22)23(28)25-24(30)27-14-12-26(13-15-27)18-20-7-4-3-5-8-20/h3-10,17,19H,11-16,18H2,1-2H3,(H,25,28,30). The largest absolute Gasteiger partial charge is 0.494 e. The Hall–Kier alpha value is -2.44. The molecular formula is C24H31N3O2S. The fourth-order valence-electron chi connectivity index (χ4n) is 3.34. The molecule has 2 aromatic rings. The first kappa shape index (κ1) is 22.2. The third-order valence-electron chi connectivity index (χ3n) is 5.19. The number of hydrogen-bond donors (Lipinski definition) is 1. The van der Waals surface area contributed by atoms with E-state index in [0.717, 1.165) is 39.1 Å². The van der Waals surface area contributed by atoms with Crippen molar-refractivity contribution in [1.29, 1.82) is 0 Å². The molecule has 1 fully saturated rings. The summed E-state index contributed by atoms with van der Waals surface area (Å²) in [7, 11) is 0. The van der Waals surface area contributed by atoms with Crippen molar-refractivity contribution in [2.24, 2.45) is 5.92 Å². The number of carbonyl (C=O) groups excluding carboxylic acids is 1. The van der Waals surface area contributed by atoms with E-state index in [2.05, 4.69) is 53.2 Å². The SMILES string of the molecule is CC(C)CCOc1cccc(C(=O)NC(=S)N2CCN(Cc3ccccc3)CC2)c1. The van der Waals surface area contributed by atoms with Crippen molar-refractivity contribution < 1.29 is 9.53 Å². The van der Waals surface area contributed by atoms with Gasteiger partial charge in [0.15, 0.2) is 5.11 Å². The van der Waals surface area contributed by atoms with Crippen molar-refractivity contribution >= 4 is 23.2 Å². The fourth-order valence-corrected chi connectivity index (χ4v) is 3.61. The van der Waals surface area contributed by atoms with Gasteiger partial charge in [0, 0.05) is 38.3 Å². The first-order chi connectivity index (χ1) is 14.5. The van der Waals surface area contributed by atoms with Crippen LogP contribution in [0.25, 0.3) is 0 Å². The van der Waals surface area contributed by atoms with Gasteiger partial charge in [0.25, 0.3) is 5.91 Å². The van der Waals surface area contributed by atoms with Crippen LogP contribution in [-0.2, 0) is 6.54 Å². The number of nitrogens with one attached hydrogen (secondary N) is 1. The molecule has 0 atom stereocenters. The lowest BCUT2D eigenvalue weighted by molar-refractivity contribution is 0.0968. The summed E-state index contributed by atoms with van der Waals surface area (Å²) < 4.78 is 5.76. The topological polar surface area (TPSA) is 44.8 Å². The number of thiocarbonyl (C=S) groups is 1. The summed E-state index contributed by atoms with van der Waals surface area (Å²) in [6.07, 6.45) is 0.983. The maximum atomic E-state index is 12.6. The minimum Gasteiger partial charge on any atom is -0.494 e. The average Bonchev–Trinajstić information content (AvgIpc) is 2.75. The van der Waals surface area contributed by atoms with E-state index in [4.69, 9.17) is 17.0 Å². The van der Waals surface area contributed by atoms with E-state index in [9.17, 15) is 4.79 Å². The molecule has 1 aliphatic rings. The Bertz CT molecular complexity index is 833. The highest BCUT2D eigenvalue weighted by Gasteiger charge is 2.20. The van der Waals surface area contributed by atoms with Crippen LogP contribution in [0.2, 0.25) is 0 Å². The maximum Gasteiger partial charge on any atom is 0.257 e. The average molecular weight is 426 g/mol. The molecule has 0 aliphatic carbocycles. The van der Waals surface area contributed by atoms with Crippen molar-refractivity contribution in [3.63, 3.8) is 0 Å². The highest BCUT2D eigenvalue weighted by Crippen LogP contribution is 2.15. The van der Waals surface area contributed by atoms with Gasteiger partial charge >= 0.3 is 0 Å². The second kappa shape index (κ2) is 11.1. The Morgan fingerprint density at radius 1 is 1.07 bits per heavy atom. The number of ether oxygens (including phenoxy) is 1. The number of benzene rings is 2. The predicted molar refractivity (Wildman–Crippen MR) is 125 cm³/mol. The summed E-state index contributed by atoms with van der Waals surface area (Å²) in [5.41, 5.74) is 1.87. The number of rotatable bonds is 7. The second-order valence-electron chi connectivity index (χ2n) is 8.07. The molecule has 160 valence electrons. The van der Waals surface area contributed by atoms with Crippen LogP contribution >= 0.6 is 12.2 Å². The first-order valence-electron chi connectivity index (χ1n) is 10.6. The van der Waals surface area contributed by atoms with Crippen LogP contribution in [0.5, 0.6) is 5.75 Å². The normalized spacial score (nSPS) is 14.6. The molecule has 1 aliphatic heterocycles. The smallest absolute Gasteiger partial charge is 0.257 e. The minimum absolute atomic E-state index is 0.193. The fraction of sp³-hybridized carbons (Fsp3) is 0.417. The lowest BCUT2D eigenvalue weighted by atomic mass is 10.1. The zero-order valence-electron chi connectivity index (χ0n) is 17.8. The maximum absolute atomic E-state index is 12.6. The highest BCUT2D eigenvalue weighted by atomic mass is 32.1. The van der Waals surface area contributed by atoms with Gasteiger partial charge in [0.05, 0.1) is 6.61 Å². The molecule has 1 amide bonds. The zero-order chi connectivity index (χ0) is 21.3. The van der Waals surface area contributed by atoms with Gasteiger partial charge in [0.2, 0.25) is 0 Å². The lowest BCUT2D eigenvalue weighted by Crippen LogP contribution is -2.52. The van der Waals surface area contributed by atoms with Gasteiger partial charge in [-0.25, -0.2) is 0 Å². The van der Waals surface area contributed by atoms with E-state index < -0.39 is 0 Å². The van der Waals surface area contributed by atoms with Crippen LogP contribution in [0.3, 0.4) is 0 Å². The number of carbonyl (C=O) groups is 1. The molecule has 5 nitrogen and oxygen atoms in total. The molecule has 0 radical (unpaired) electrons. The summed E-state index contributed by atoms with van der Waals surface area (Å²) >= 11 is 5.49. The molecule has 2 aromatic carbocycles. The van der Waals surface area contributed by atoms with E-state index in [1.165, 1.54) is 5.56 Å². The van der Waals surface area contributed by atoms with Crippen LogP contribution in [-0.4, -0.2) is 53.6 Å². The highest BCUT2D eigenvalue weighted by molar-refractivity contribution is 7.80. The van der Waals surface area contributed by atoms with Gasteiger partial charge in [-0.15, -0.1) is 0 Å². The van der Waals surface area contributed by atoms with Crippen LogP contribution in [0, 0.1) is 5.92 Å². The Labute approximate surface area is 185 Å². The molecule has 0 bridgehead atoms. The van der Waals surface area contributed by atoms with Crippen molar-refractivity contribution in [3.05, 3.63) is 65.7 Å². The van der Waals surface area contributed by atoms with Crippen molar-refractivity contribution in [3.8, 4) is 5.75 Å². The molecule has 0 unspecified atom stereocenters. The molecule has 1 saturated heterocycles. The molecule has 0 aromatic heterocycles. The van der Waals surface area contributed by atoms with Crippen molar-refractivity contribution in [2.45, 2.75) is 26.8 Å². The number of piperazine rings is 1. The molecule has 6 heteroatoms. The Morgan fingerprint density at radius 3 is 2.50 bits per heavy atom. The molecule has 0 saturated carbocycles. The van der Waals surface area contributed by atoms with E-state index in [1.807, 2.05) is 18.2 Å². The van der Waals surface area contributed by atoms with Crippen LogP contribution in [0.15, 0.2) is 54.6 Å². The van der Waals surface area contributed by atoms with E-state index in [0.29, 0.717) is 29.0 Å². The molecule has 0 spiro atoms. The summed E-state index contributed by atoms with van der Waals surface area (Å²) in [5, 5.41) is 3.37. The number of nitrogens with zero attached hydrogens (tertiary/aromatic N) is 2. The molecular weight excluding hydrogens is 394 g/mol. The third kappa shape index (κ3) is 6.82. The van der Waals surface area contributed by atoms with E-state index in [-0.39, 0.29) is 5.91 Å². The summed E-state index contributed by atoms with van der Waals surface area (Å²) in [6.45, 7) is 9.37. The van der Waals surface area contributed by atoms with Gasteiger partial charge in [-0.05, 0) is 48.3 Å². The van der Waals surface area contributed by atoms with Crippen LogP contribution in [0.1, 0.15) is 36.2 Å². The Kier molecular flexibility index (Phi) is 8.22. The minimum atomic E-state index is -0.193. The Balaban J connectivity index is 1.46. The molecule has 3 rings (SSSR count). The Morgan fingerprint density at radius 2 is 1.80 bits per heavy atom. The number of hydrogen-bond acceptors (Lipinski definition) is 4. The quantitative estimate of drug-likeness (QED) is 0.681. The predicted octanol–water partition coefficient (Wildman–Crippen LogP) is 3.94.